The number of ether oxygens (including phenoxy) is 4. The van der Waals surface area contributed by atoms with E-state index in [9.17, 15) is 79.0 Å². The van der Waals surface area contributed by atoms with E-state index in [4.69, 9.17) is 4.74 Å². The maximum Gasteiger partial charge on any atom is 0.460 e. The standard InChI is InChI=1S/C31H30F18O4/c1-2-3-4-5-6-7-8-19-11-14-22(24(34)23(19)33)18-9-12-21(13-10-18)51-16-20(32)15-50-17-25(35,36)52-30(46,47)31(48,49)53-29(44,45)27(39,40)26(37,38)28(41,42)43/h9-14,20H,2-8,15-17H2,1H3/t20-/m1/s1. The van der Waals surface area contributed by atoms with Crippen LogP contribution in [-0.4, -0.2) is 68.4 Å². The maximum absolute atomic E-state index is 14.8. The van der Waals surface area contributed by atoms with E-state index in [-0.39, 0.29) is 22.4 Å². The van der Waals surface area contributed by atoms with Crippen LogP contribution in [0.2, 0.25) is 0 Å². The van der Waals surface area contributed by atoms with E-state index in [0.717, 1.165) is 32.1 Å². The lowest BCUT2D eigenvalue weighted by Gasteiger charge is -2.36. The SMILES string of the molecule is CCCCCCCCc1ccc(-c2ccc(OC[C@H](F)COCC(F)(F)OC(F)(F)C(F)(F)OC(F)(F)C(F)(F)C(F)(F)C(F)(F)F)cc2)c(F)c1F. The summed E-state index contributed by atoms with van der Waals surface area (Å²) in [5, 5.41) is 0. The second kappa shape index (κ2) is 17.5. The third-order valence-electron chi connectivity index (χ3n) is 7.12. The molecule has 0 fully saturated rings. The highest BCUT2D eigenvalue weighted by atomic mass is 19.4. The summed E-state index contributed by atoms with van der Waals surface area (Å²) in [6, 6.07) is 7.62. The molecule has 2 rings (SSSR count). The zero-order valence-corrected chi connectivity index (χ0v) is 27.0. The van der Waals surface area contributed by atoms with Crippen LogP contribution in [0, 0.1) is 11.6 Å². The third-order valence-corrected chi connectivity index (χ3v) is 7.12. The first-order valence-corrected chi connectivity index (χ1v) is 15.3. The molecule has 0 aliphatic carbocycles. The lowest BCUT2D eigenvalue weighted by molar-refractivity contribution is -0.543. The van der Waals surface area contributed by atoms with Gasteiger partial charge in [-0.15, -0.1) is 0 Å². The van der Waals surface area contributed by atoms with Crippen molar-refractivity contribution < 1.29 is 98.0 Å². The third kappa shape index (κ3) is 11.7. The van der Waals surface area contributed by atoms with E-state index in [0.29, 0.717) is 12.8 Å². The number of hydrogen-bond donors (Lipinski definition) is 0. The molecule has 0 radical (unpaired) electrons. The zero-order valence-electron chi connectivity index (χ0n) is 27.0. The molecule has 22 heteroatoms. The van der Waals surface area contributed by atoms with Crippen LogP contribution in [-0.2, 0) is 20.6 Å². The molecular weight excluding hydrogens is 778 g/mol. The quantitative estimate of drug-likeness (QED) is 0.0877. The van der Waals surface area contributed by atoms with E-state index in [1.165, 1.54) is 41.1 Å². The molecule has 0 N–H and O–H groups in total. The molecule has 0 bridgehead atoms. The van der Waals surface area contributed by atoms with Crippen molar-refractivity contribution in [3.8, 4) is 16.9 Å². The summed E-state index contributed by atoms with van der Waals surface area (Å²) in [4.78, 5) is 0. The predicted octanol–water partition coefficient (Wildman–Crippen LogP) is 11.5. The zero-order chi connectivity index (χ0) is 40.7. The Morgan fingerprint density at radius 2 is 1.13 bits per heavy atom. The highest BCUT2D eigenvalue weighted by molar-refractivity contribution is 5.65. The van der Waals surface area contributed by atoms with Crippen LogP contribution in [0.1, 0.15) is 51.0 Å². The number of hydrogen-bond acceptors (Lipinski definition) is 4. The molecule has 2 aromatic carbocycles. The Bertz CT molecular complexity index is 1450. The van der Waals surface area contributed by atoms with Gasteiger partial charge in [0.2, 0.25) is 0 Å². The highest BCUT2D eigenvalue weighted by Gasteiger charge is 2.85. The molecule has 0 saturated heterocycles. The van der Waals surface area contributed by atoms with Crippen LogP contribution in [0.15, 0.2) is 36.4 Å². The molecule has 1 atom stereocenters. The Kier molecular flexibility index (Phi) is 15.2. The van der Waals surface area contributed by atoms with Gasteiger partial charge in [0.25, 0.3) is 0 Å². The number of rotatable bonds is 22. The fourth-order valence-electron chi connectivity index (χ4n) is 4.29. The van der Waals surface area contributed by atoms with Gasteiger partial charge in [-0.1, -0.05) is 63.3 Å². The largest absolute Gasteiger partial charge is 0.490 e. The van der Waals surface area contributed by atoms with Crippen LogP contribution < -0.4 is 4.74 Å². The summed E-state index contributed by atoms with van der Waals surface area (Å²) in [6.07, 6.45) is -32.0. The minimum atomic E-state index is -7.99. The Labute approximate surface area is 289 Å². The average molecular weight is 809 g/mol. The minimum Gasteiger partial charge on any atom is -0.490 e. The van der Waals surface area contributed by atoms with E-state index < -0.39 is 80.1 Å². The predicted molar refractivity (Wildman–Crippen MR) is 148 cm³/mol. The molecule has 304 valence electrons. The topological polar surface area (TPSA) is 36.9 Å². The van der Waals surface area contributed by atoms with Crippen molar-refractivity contribution in [3.05, 3.63) is 53.6 Å². The highest BCUT2D eigenvalue weighted by Crippen LogP contribution is 2.56. The first-order chi connectivity index (χ1) is 24.1. The van der Waals surface area contributed by atoms with Gasteiger partial charge in [0, 0.05) is 5.56 Å². The molecule has 53 heavy (non-hydrogen) atoms. The molecule has 0 saturated carbocycles. The number of halogens is 18. The van der Waals surface area contributed by atoms with Crippen LogP contribution in [0.5, 0.6) is 5.75 Å². The molecule has 4 nitrogen and oxygen atoms in total. The summed E-state index contributed by atoms with van der Waals surface area (Å²) in [5.41, 5.74) is 0.241. The lowest BCUT2D eigenvalue weighted by atomic mass is 9.99. The van der Waals surface area contributed by atoms with Crippen LogP contribution in [0.25, 0.3) is 11.1 Å². The monoisotopic (exact) mass is 808 g/mol. The molecule has 2 aromatic rings. The molecule has 0 unspecified atom stereocenters. The van der Waals surface area contributed by atoms with Gasteiger partial charge in [-0.3, -0.25) is 0 Å². The van der Waals surface area contributed by atoms with Gasteiger partial charge in [0.15, 0.2) is 17.8 Å². The summed E-state index contributed by atoms with van der Waals surface area (Å²) in [6.45, 7) is -3.02. The Hall–Kier alpha value is -3.14. The van der Waals surface area contributed by atoms with E-state index >= 15 is 0 Å². The summed E-state index contributed by atoms with van der Waals surface area (Å²) in [7, 11) is 0. The fourth-order valence-corrected chi connectivity index (χ4v) is 4.29. The molecule has 0 aliphatic heterocycles. The Balaban J connectivity index is 1.91. The molecular formula is C31H30F18O4. The van der Waals surface area contributed by atoms with Gasteiger partial charge in [-0.2, -0.15) is 65.9 Å². The number of alkyl halides is 16. The lowest BCUT2D eigenvalue weighted by Crippen LogP contribution is -2.64. The first-order valence-electron chi connectivity index (χ1n) is 15.3. The molecule has 0 aromatic heterocycles. The summed E-state index contributed by atoms with van der Waals surface area (Å²) in [5.74, 6) is -18.1. The maximum atomic E-state index is 14.8. The summed E-state index contributed by atoms with van der Waals surface area (Å²) >= 11 is 0. The Morgan fingerprint density at radius 1 is 0.585 bits per heavy atom. The van der Waals surface area contributed by atoms with Gasteiger partial charge in [0.05, 0.1) is 6.61 Å². The van der Waals surface area contributed by atoms with Crippen molar-refractivity contribution >= 4 is 0 Å². The molecule has 0 amide bonds. The van der Waals surface area contributed by atoms with Gasteiger partial charge in [0.1, 0.15) is 19.0 Å². The number of aryl methyl sites for hydroxylation is 1. The Morgan fingerprint density at radius 3 is 1.70 bits per heavy atom. The summed E-state index contributed by atoms with van der Waals surface area (Å²) < 4.78 is 252. The average Bonchev–Trinajstić information content (AvgIpc) is 3.02. The van der Waals surface area contributed by atoms with Crippen molar-refractivity contribution in [2.24, 2.45) is 0 Å². The normalized spacial score (nSPS) is 14.5. The fraction of sp³-hybridized carbons (Fsp3) is 0.613. The first kappa shape index (κ1) is 46.0. The smallest absolute Gasteiger partial charge is 0.460 e. The van der Waals surface area contributed by atoms with E-state index in [2.05, 4.69) is 16.4 Å². The van der Waals surface area contributed by atoms with Crippen molar-refractivity contribution in [2.45, 2.75) is 100 Å². The van der Waals surface area contributed by atoms with Crippen LogP contribution in [0.3, 0.4) is 0 Å². The molecule has 0 spiro atoms. The van der Waals surface area contributed by atoms with Crippen molar-refractivity contribution in [2.75, 3.05) is 19.8 Å². The van der Waals surface area contributed by atoms with Crippen molar-refractivity contribution in [1.29, 1.82) is 0 Å². The van der Waals surface area contributed by atoms with Crippen molar-refractivity contribution in [1.82, 2.24) is 0 Å². The van der Waals surface area contributed by atoms with E-state index in [1.807, 2.05) is 0 Å². The van der Waals surface area contributed by atoms with Crippen molar-refractivity contribution in [3.63, 3.8) is 0 Å². The molecule has 0 aliphatic rings. The van der Waals surface area contributed by atoms with Gasteiger partial charge >= 0.3 is 42.5 Å². The van der Waals surface area contributed by atoms with Crippen LogP contribution >= 0.6 is 0 Å². The van der Waals surface area contributed by atoms with E-state index in [1.54, 1.807) is 0 Å². The molecule has 0 heterocycles. The number of unbranched alkanes of at least 4 members (excludes halogenated alkanes) is 5. The number of benzene rings is 2. The second-order valence-corrected chi connectivity index (χ2v) is 11.4. The van der Waals surface area contributed by atoms with Gasteiger partial charge in [-0.05, 0) is 36.1 Å². The van der Waals surface area contributed by atoms with Crippen LogP contribution in [0.4, 0.5) is 79.0 Å². The van der Waals surface area contributed by atoms with Gasteiger partial charge in [-0.25, -0.2) is 22.6 Å². The minimum absolute atomic E-state index is 0.120. The second-order valence-electron chi connectivity index (χ2n) is 11.4. The van der Waals surface area contributed by atoms with Gasteiger partial charge < -0.3 is 9.47 Å².